The third-order valence-corrected chi connectivity index (χ3v) is 4.51. The van der Waals surface area contributed by atoms with Crippen LogP contribution in [0.5, 0.6) is 23.0 Å². The third-order valence-electron chi connectivity index (χ3n) is 4.51. The zero-order chi connectivity index (χ0) is 23.8. The number of nitrogens with two attached hydrogens (primary N) is 1. The topological polar surface area (TPSA) is 180 Å². The Hall–Kier alpha value is -3.70. The molecule has 0 spiro atoms. The largest absolute Gasteiger partial charge is 1.00 e. The number of hydrogen-bond acceptors (Lipinski definition) is 9. The van der Waals surface area contributed by atoms with Crippen molar-refractivity contribution in [3.05, 3.63) is 47.5 Å². The lowest BCUT2D eigenvalue weighted by Crippen LogP contribution is -3.00. The lowest BCUT2D eigenvalue weighted by atomic mass is 10.0. The summed E-state index contributed by atoms with van der Waals surface area (Å²) in [5, 5.41) is 33.6. The molecule has 33 heavy (non-hydrogen) atoms. The van der Waals surface area contributed by atoms with Gasteiger partial charge in [0.05, 0.1) is 13.2 Å². The lowest BCUT2D eigenvalue weighted by molar-refractivity contribution is -0.145. The number of esters is 1. The first-order valence-electron chi connectivity index (χ1n) is 9.50. The van der Waals surface area contributed by atoms with Crippen molar-refractivity contribution in [1.82, 2.24) is 10.6 Å². The van der Waals surface area contributed by atoms with Gasteiger partial charge in [-0.2, -0.15) is 0 Å². The second kappa shape index (κ2) is 12.4. The number of phenolic OH excluding ortho intramolecular Hbond substituents is 3. The van der Waals surface area contributed by atoms with Crippen LogP contribution in [-0.4, -0.2) is 59.5 Å². The highest BCUT2D eigenvalue weighted by molar-refractivity contribution is 5.87. The molecule has 0 saturated carbocycles. The van der Waals surface area contributed by atoms with Gasteiger partial charge in [-0.15, -0.1) is 0 Å². The second-order valence-corrected chi connectivity index (χ2v) is 6.86. The number of methoxy groups -OCH3 is 1. The van der Waals surface area contributed by atoms with Crippen LogP contribution >= 0.6 is 0 Å². The summed E-state index contributed by atoms with van der Waals surface area (Å²) in [5.74, 6) is -2.42. The van der Waals surface area contributed by atoms with E-state index in [0.29, 0.717) is 11.1 Å². The van der Waals surface area contributed by atoms with Gasteiger partial charge in [-0.25, -0.2) is 9.59 Å². The summed E-state index contributed by atoms with van der Waals surface area (Å²) in [6.07, 6.45) is -0.784. The number of carbonyl (C=O) groups is 3. The minimum absolute atomic E-state index is 0. The molecule has 0 unspecified atom stereocenters. The minimum Gasteiger partial charge on any atom is -1.00 e. The second-order valence-electron chi connectivity index (χ2n) is 6.86. The van der Waals surface area contributed by atoms with Crippen LogP contribution < -0.4 is 33.5 Å². The molecule has 11 nitrogen and oxygen atoms in total. The first-order valence-corrected chi connectivity index (χ1v) is 9.50. The number of hydrogen-bond donors (Lipinski definition) is 6. The zero-order valence-electron chi connectivity index (χ0n) is 17.9. The van der Waals surface area contributed by atoms with Crippen molar-refractivity contribution in [3.8, 4) is 23.0 Å². The summed E-state index contributed by atoms with van der Waals surface area (Å²) < 4.78 is 9.69. The van der Waals surface area contributed by atoms with Gasteiger partial charge < -0.3 is 53.6 Å². The molecule has 2 aromatic carbocycles. The highest BCUT2D eigenvalue weighted by Gasteiger charge is 2.25. The van der Waals surface area contributed by atoms with Crippen molar-refractivity contribution in [2.45, 2.75) is 24.9 Å². The standard InChI is InChI=1S/C21H25N3O8.ClH/c1-23-21(30)32-18-10-12(4-6-16(18)26)8-14(20(29)31-2)24-19(28)13(22)7-11-3-5-15(25)17(27)9-11;/h3-6,9-10,13-14,25-27H,7-8,22H2,1-2H3,(H,23,30)(H,24,28);1H/p-1/t13-,14-;/m1./s1. The maximum atomic E-state index is 12.6. The summed E-state index contributed by atoms with van der Waals surface area (Å²) in [5.41, 5.74) is 6.90. The van der Waals surface area contributed by atoms with Crippen LogP contribution in [0.15, 0.2) is 36.4 Å². The normalized spacial score (nSPS) is 12.0. The van der Waals surface area contributed by atoms with E-state index in [4.69, 9.17) is 15.2 Å². The van der Waals surface area contributed by atoms with E-state index >= 15 is 0 Å². The molecular formula is C21H25ClN3O8-. The number of carbonyl (C=O) groups excluding carboxylic acids is 3. The number of rotatable bonds is 8. The molecule has 0 fully saturated rings. The van der Waals surface area contributed by atoms with Crippen LogP contribution in [0.2, 0.25) is 0 Å². The molecule has 2 atom stereocenters. The number of halogens is 1. The first-order chi connectivity index (χ1) is 15.1. The Bertz CT molecular complexity index is 1000. The van der Waals surface area contributed by atoms with Crippen LogP contribution in [0, 0.1) is 0 Å². The van der Waals surface area contributed by atoms with Gasteiger partial charge in [-0.1, -0.05) is 12.1 Å². The minimum atomic E-state index is -1.11. The molecule has 0 radical (unpaired) electrons. The van der Waals surface area contributed by atoms with Crippen molar-refractivity contribution < 1.29 is 51.6 Å². The van der Waals surface area contributed by atoms with E-state index in [-0.39, 0.29) is 48.2 Å². The van der Waals surface area contributed by atoms with Crippen molar-refractivity contribution in [2.75, 3.05) is 14.2 Å². The van der Waals surface area contributed by atoms with Crippen molar-refractivity contribution in [2.24, 2.45) is 5.73 Å². The van der Waals surface area contributed by atoms with E-state index < -0.39 is 30.1 Å². The highest BCUT2D eigenvalue weighted by Crippen LogP contribution is 2.28. The average Bonchev–Trinajstić information content (AvgIpc) is 2.77. The molecule has 0 aliphatic heterocycles. The third kappa shape index (κ3) is 7.74. The Morgan fingerprint density at radius 1 is 0.970 bits per heavy atom. The monoisotopic (exact) mass is 482 g/mol. The molecule has 180 valence electrons. The summed E-state index contributed by atoms with van der Waals surface area (Å²) >= 11 is 0. The molecule has 0 heterocycles. The summed E-state index contributed by atoms with van der Waals surface area (Å²) in [6, 6.07) is 6.03. The number of nitrogens with one attached hydrogen (secondary N) is 2. The van der Waals surface area contributed by atoms with Crippen molar-refractivity contribution in [3.63, 3.8) is 0 Å². The average molecular weight is 483 g/mol. The predicted molar refractivity (Wildman–Crippen MR) is 112 cm³/mol. The maximum Gasteiger partial charge on any atom is 0.412 e. The zero-order valence-corrected chi connectivity index (χ0v) is 18.6. The van der Waals surface area contributed by atoms with Crippen LogP contribution in [0.1, 0.15) is 11.1 Å². The Balaban J connectivity index is 0.00000544. The van der Waals surface area contributed by atoms with Gasteiger partial charge in [-0.05, 0) is 41.8 Å². The van der Waals surface area contributed by atoms with Gasteiger partial charge in [0, 0.05) is 13.5 Å². The van der Waals surface area contributed by atoms with Crippen LogP contribution in [0.25, 0.3) is 0 Å². The Labute approximate surface area is 195 Å². The Morgan fingerprint density at radius 2 is 1.58 bits per heavy atom. The quantitative estimate of drug-likeness (QED) is 0.172. The van der Waals surface area contributed by atoms with Gasteiger partial charge in [0.15, 0.2) is 23.0 Å². The molecule has 0 bridgehead atoms. The Morgan fingerprint density at radius 3 is 2.15 bits per heavy atom. The number of aromatic hydroxyl groups is 3. The molecule has 0 aliphatic carbocycles. The first kappa shape index (κ1) is 27.3. The summed E-state index contributed by atoms with van der Waals surface area (Å²) in [6.45, 7) is 0. The molecule has 2 aromatic rings. The van der Waals surface area contributed by atoms with Gasteiger partial charge >= 0.3 is 12.1 Å². The molecule has 7 N–H and O–H groups in total. The van der Waals surface area contributed by atoms with Gasteiger partial charge in [0.1, 0.15) is 6.04 Å². The molecule has 12 heteroatoms. The van der Waals surface area contributed by atoms with Crippen molar-refractivity contribution in [1.29, 1.82) is 0 Å². The van der Waals surface area contributed by atoms with Gasteiger partial charge in [0.25, 0.3) is 0 Å². The molecule has 0 aliphatic rings. The highest BCUT2D eigenvalue weighted by atomic mass is 35.5. The Kier molecular flexibility index (Phi) is 10.2. The fraction of sp³-hybridized carbons (Fsp3) is 0.286. The fourth-order valence-corrected chi connectivity index (χ4v) is 2.81. The summed E-state index contributed by atoms with van der Waals surface area (Å²) in [4.78, 5) is 36.2. The van der Waals surface area contributed by atoms with E-state index in [1.807, 2.05) is 0 Å². The van der Waals surface area contributed by atoms with Crippen LogP contribution in [-0.2, 0) is 27.2 Å². The molecular weight excluding hydrogens is 458 g/mol. The smallest absolute Gasteiger partial charge is 0.412 e. The lowest BCUT2D eigenvalue weighted by Gasteiger charge is -2.20. The van der Waals surface area contributed by atoms with Gasteiger partial charge in [0.2, 0.25) is 5.91 Å². The molecule has 0 aromatic heterocycles. The van der Waals surface area contributed by atoms with Crippen molar-refractivity contribution >= 4 is 18.0 Å². The number of benzene rings is 2. The van der Waals surface area contributed by atoms with Gasteiger partial charge in [-0.3, -0.25) is 4.79 Å². The number of ether oxygens (including phenoxy) is 2. The molecule has 0 saturated heterocycles. The fourth-order valence-electron chi connectivity index (χ4n) is 2.81. The number of phenols is 3. The maximum absolute atomic E-state index is 12.6. The predicted octanol–water partition coefficient (Wildman–Crippen LogP) is -2.70. The molecule has 2 amide bonds. The van der Waals surface area contributed by atoms with Crippen LogP contribution in [0.4, 0.5) is 4.79 Å². The summed E-state index contributed by atoms with van der Waals surface area (Å²) in [7, 11) is 2.52. The van der Waals surface area contributed by atoms with E-state index in [1.165, 1.54) is 43.4 Å². The van der Waals surface area contributed by atoms with E-state index in [9.17, 15) is 29.7 Å². The van der Waals surface area contributed by atoms with E-state index in [1.54, 1.807) is 0 Å². The molecule has 2 rings (SSSR count). The number of amides is 2. The van der Waals surface area contributed by atoms with E-state index in [2.05, 4.69) is 10.6 Å². The SMILES string of the molecule is CNC(=O)Oc1cc(C[C@@H](NC(=O)[C@H](N)Cc2ccc(O)c(O)c2)C(=O)OC)ccc1O.[Cl-]. The van der Waals surface area contributed by atoms with Crippen LogP contribution in [0.3, 0.4) is 0 Å². The van der Waals surface area contributed by atoms with E-state index in [0.717, 1.165) is 7.11 Å².